The van der Waals surface area contributed by atoms with Crippen LogP contribution >= 0.6 is 0 Å². The Labute approximate surface area is 116 Å². The van der Waals surface area contributed by atoms with Crippen molar-refractivity contribution >= 4 is 28.9 Å². The van der Waals surface area contributed by atoms with Crippen LogP contribution in [0.4, 0.5) is 17.1 Å². The number of hydrogen-bond donors (Lipinski definition) is 3. The highest BCUT2D eigenvalue weighted by atomic mass is 16.2. The average molecular weight is 269 g/mol. The second kappa shape index (κ2) is 5.88. The van der Waals surface area contributed by atoms with E-state index in [1.807, 2.05) is 6.07 Å². The van der Waals surface area contributed by atoms with Crippen molar-refractivity contribution in [2.24, 2.45) is 0 Å². The summed E-state index contributed by atoms with van der Waals surface area (Å²) in [5, 5.41) is 5.39. The van der Waals surface area contributed by atoms with Gasteiger partial charge in [-0.1, -0.05) is 18.2 Å². The minimum absolute atomic E-state index is 0.231. The fourth-order valence-electron chi connectivity index (χ4n) is 1.75. The Morgan fingerprint density at radius 3 is 2.30 bits per heavy atom. The van der Waals surface area contributed by atoms with Gasteiger partial charge in [0.05, 0.1) is 11.4 Å². The lowest BCUT2D eigenvalue weighted by molar-refractivity contribution is -0.114. The molecule has 0 heterocycles. The molecule has 2 rings (SSSR count). The fraction of sp³-hybridized carbons (Fsp3) is 0.0667. The van der Waals surface area contributed by atoms with Crippen LogP contribution in [0.3, 0.4) is 0 Å². The molecule has 0 fully saturated rings. The smallest absolute Gasteiger partial charge is 0.255 e. The number of carbonyl (C=O) groups is 2. The average Bonchev–Trinajstić information content (AvgIpc) is 2.42. The van der Waals surface area contributed by atoms with Gasteiger partial charge in [-0.25, -0.2) is 0 Å². The third-order valence-electron chi connectivity index (χ3n) is 2.64. The van der Waals surface area contributed by atoms with Crippen molar-refractivity contribution in [2.45, 2.75) is 6.92 Å². The number of nitrogen functional groups attached to an aromatic ring is 1. The highest BCUT2D eigenvalue weighted by molar-refractivity contribution is 6.07. The zero-order valence-corrected chi connectivity index (χ0v) is 11.0. The van der Waals surface area contributed by atoms with Gasteiger partial charge in [0.1, 0.15) is 0 Å². The zero-order valence-electron chi connectivity index (χ0n) is 11.0. The van der Waals surface area contributed by atoms with Gasteiger partial charge in [-0.3, -0.25) is 9.59 Å². The zero-order chi connectivity index (χ0) is 14.5. The molecule has 0 aliphatic carbocycles. The van der Waals surface area contributed by atoms with Gasteiger partial charge >= 0.3 is 0 Å². The van der Waals surface area contributed by atoms with Crippen LogP contribution in [0.1, 0.15) is 17.3 Å². The van der Waals surface area contributed by atoms with Crippen molar-refractivity contribution in [3.63, 3.8) is 0 Å². The Morgan fingerprint density at radius 1 is 0.950 bits per heavy atom. The molecule has 0 bridgehead atoms. The largest absolute Gasteiger partial charge is 0.399 e. The standard InChI is InChI=1S/C15H15N3O2/c1-10(19)17-14-9-12(16)7-8-13(14)18-15(20)11-5-3-2-4-6-11/h2-9H,16H2,1H3,(H,17,19)(H,18,20). The number of nitrogens with two attached hydrogens (primary N) is 1. The van der Waals surface area contributed by atoms with Crippen LogP contribution in [0.15, 0.2) is 48.5 Å². The van der Waals surface area contributed by atoms with E-state index < -0.39 is 0 Å². The molecular weight excluding hydrogens is 254 g/mol. The molecule has 0 aliphatic rings. The van der Waals surface area contributed by atoms with Crippen LogP contribution in [0, 0.1) is 0 Å². The quantitative estimate of drug-likeness (QED) is 0.748. The molecule has 0 aromatic heterocycles. The van der Waals surface area contributed by atoms with Gasteiger partial charge < -0.3 is 16.4 Å². The van der Waals surface area contributed by atoms with E-state index in [4.69, 9.17) is 5.73 Å². The Hall–Kier alpha value is -2.82. The van der Waals surface area contributed by atoms with Crippen molar-refractivity contribution < 1.29 is 9.59 Å². The summed E-state index contributed by atoms with van der Waals surface area (Å²) >= 11 is 0. The molecule has 0 unspecified atom stereocenters. The van der Waals surface area contributed by atoms with Crippen LogP contribution in [0.2, 0.25) is 0 Å². The van der Waals surface area contributed by atoms with E-state index in [1.54, 1.807) is 42.5 Å². The van der Waals surface area contributed by atoms with Gasteiger partial charge in [0.2, 0.25) is 5.91 Å². The molecule has 0 atom stereocenters. The third kappa shape index (κ3) is 3.35. The monoisotopic (exact) mass is 269 g/mol. The molecule has 20 heavy (non-hydrogen) atoms. The predicted octanol–water partition coefficient (Wildman–Crippen LogP) is 2.48. The van der Waals surface area contributed by atoms with Crippen molar-refractivity contribution in [2.75, 3.05) is 16.4 Å². The summed E-state index contributed by atoms with van der Waals surface area (Å²) < 4.78 is 0. The Morgan fingerprint density at radius 2 is 1.65 bits per heavy atom. The maximum Gasteiger partial charge on any atom is 0.255 e. The van der Waals surface area contributed by atoms with Gasteiger partial charge in [0.15, 0.2) is 0 Å². The highest BCUT2D eigenvalue weighted by Gasteiger charge is 2.10. The van der Waals surface area contributed by atoms with E-state index in [9.17, 15) is 9.59 Å². The molecule has 0 aliphatic heterocycles. The summed E-state index contributed by atoms with van der Waals surface area (Å²) in [5.74, 6) is -0.479. The van der Waals surface area contributed by atoms with E-state index in [-0.39, 0.29) is 11.8 Å². The number of nitrogens with one attached hydrogen (secondary N) is 2. The molecule has 102 valence electrons. The summed E-state index contributed by atoms with van der Waals surface area (Å²) in [6.07, 6.45) is 0. The molecule has 0 saturated heterocycles. The van der Waals surface area contributed by atoms with E-state index in [2.05, 4.69) is 10.6 Å². The molecule has 5 heteroatoms. The first-order valence-electron chi connectivity index (χ1n) is 6.10. The summed E-state index contributed by atoms with van der Waals surface area (Å²) in [7, 11) is 0. The summed E-state index contributed by atoms with van der Waals surface area (Å²) in [6, 6.07) is 13.7. The van der Waals surface area contributed by atoms with Crippen LogP contribution in [-0.4, -0.2) is 11.8 Å². The van der Waals surface area contributed by atoms with Gasteiger partial charge in [-0.2, -0.15) is 0 Å². The first kappa shape index (κ1) is 13.6. The Bertz CT molecular complexity index is 639. The fourth-order valence-corrected chi connectivity index (χ4v) is 1.75. The molecule has 0 spiro atoms. The highest BCUT2D eigenvalue weighted by Crippen LogP contribution is 2.25. The van der Waals surface area contributed by atoms with Gasteiger partial charge in [-0.05, 0) is 30.3 Å². The normalized spacial score (nSPS) is 9.85. The van der Waals surface area contributed by atoms with Gasteiger partial charge in [0.25, 0.3) is 5.91 Å². The second-order valence-corrected chi connectivity index (χ2v) is 4.31. The van der Waals surface area contributed by atoms with Crippen molar-refractivity contribution in [3.8, 4) is 0 Å². The number of anilines is 3. The van der Waals surface area contributed by atoms with Crippen LogP contribution in [0.5, 0.6) is 0 Å². The Balaban J connectivity index is 2.25. The van der Waals surface area contributed by atoms with Crippen molar-refractivity contribution in [3.05, 3.63) is 54.1 Å². The maximum absolute atomic E-state index is 12.1. The number of hydrogen-bond acceptors (Lipinski definition) is 3. The lowest BCUT2D eigenvalue weighted by Crippen LogP contribution is -2.15. The van der Waals surface area contributed by atoms with Crippen LogP contribution < -0.4 is 16.4 Å². The number of rotatable bonds is 3. The van der Waals surface area contributed by atoms with Crippen LogP contribution in [-0.2, 0) is 4.79 Å². The lowest BCUT2D eigenvalue weighted by Gasteiger charge is -2.12. The van der Waals surface area contributed by atoms with Crippen molar-refractivity contribution in [1.29, 1.82) is 0 Å². The summed E-state index contributed by atoms with van der Waals surface area (Å²) in [4.78, 5) is 23.2. The summed E-state index contributed by atoms with van der Waals surface area (Å²) in [5.41, 5.74) is 7.70. The van der Waals surface area contributed by atoms with Gasteiger partial charge in [0, 0.05) is 18.2 Å². The molecule has 2 amide bonds. The Kier molecular flexibility index (Phi) is 4.00. The summed E-state index contributed by atoms with van der Waals surface area (Å²) in [6.45, 7) is 1.39. The second-order valence-electron chi connectivity index (χ2n) is 4.31. The number of benzene rings is 2. The van der Waals surface area contributed by atoms with E-state index in [1.165, 1.54) is 6.92 Å². The van der Waals surface area contributed by atoms with E-state index in [0.29, 0.717) is 22.6 Å². The molecule has 2 aromatic carbocycles. The topological polar surface area (TPSA) is 84.2 Å². The molecule has 4 N–H and O–H groups in total. The molecule has 0 radical (unpaired) electrons. The first-order valence-corrected chi connectivity index (χ1v) is 6.10. The molecular formula is C15H15N3O2. The van der Waals surface area contributed by atoms with Gasteiger partial charge in [-0.15, -0.1) is 0 Å². The van der Waals surface area contributed by atoms with E-state index >= 15 is 0 Å². The van der Waals surface area contributed by atoms with Crippen molar-refractivity contribution in [1.82, 2.24) is 0 Å². The minimum Gasteiger partial charge on any atom is -0.399 e. The first-order chi connectivity index (χ1) is 9.56. The number of carbonyl (C=O) groups excluding carboxylic acids is 2. The lowest BCUT2D eigenvalue weighted by atomic mass is 10.2. The van der Waals surface area contributed by atoms with Crippen LogP contribution in [0.25, 0.3) is 0 Å². The number of amides is 2. The molecule has 2 aromatic rings. The SMILES string of the molecule is CC(=O)Nc1cc(N)ccc1NC(=O)c1ccccc1. The minimum atomic E-state index is -0.248. The van der Waals surface area contributed by atoms with E-state index in [0.717, 1.165) is 0 Å². The molecule has 5 nitrogen and oxygen atoms in total. The molecule has 0 saturated carbocycles. The maximum atomic E-state index is 12.1. The predicted molar refractivity (Wildman–Crippen MR) is 79.6 cm³/mol. The third-order valence-corrected chi connectivity index (χ3v) is 2.64.